The molecule has 3 N–H and O–H groups in total. The number of carbonyl (C=O) groups is 2. The molecule has 0 spiro atoms. The maximum absolute atomic E-state index is 9.72. The van der Waals surface area contributed by atoms with Gasteiger partial charge in [0.2, 0.25) is 0 Å². The maximum Gasteiger partial charge on any atom is 2.00 e. The fraction of sp³-hybridized carbons (Fsp3) is 0.500. The van der Waals surface area contributed by atoms with Crippen molar-refractivity contribution in [2.24, 2.45) is 0 Å². The van der Waals surface area contributed by atoms with Crippen LogP contribution < -0.4 is 29.6 Å². The Balaban J connectivity index is -0.0000000320. The molecule has 0 saturated carbocycles. The molecule has 0 heterocycles. The molecule has 0 aliphatic rings. The van der Waals surface area contributed by atoms with Gasteiger partial charge in [-0.25, -0.2) is 4.79 Å². The van der Waals surface area contributed by atoms with Gasteiger partial charge in [0.15, 0.2) is 6.10 Å². The minimum atomic E-state index is -1.79. The fourth-order valence-electron chi connectivity index (χ4n) is 0.253. The molecule has 0 amide bonds. The van der Waals surface area contributed by atoms with E-state index in [1.54, 1.807) is 0 Å². The van der Waals surface area contributed by atoms with Crippen molar-refractivity contribution in [3.63, 3.8) is 0 Å². The summed E-state index contributed by atoms with van der Waals surface area (Å²) in [5.74, 6) is -2.85. The van der Waals surface area contributed by atoms with Crippen LogP contribution in [0.15, 0.2) is 0 Å². The van der Waals surface area contributed by atoms with Crippen molar-refractivity contribution >= 4 is 22.1 Å². The van der Waals surface area contributed by atoms with Gasteiger partial charge >= 0.3 is 51.6 Å². The van der Waals surface area contributed by atoms with Crippen molar-refractivity contribution in [3.05, 3.63) is 0 Å². The maximum atomic E-state index is 9.72. The number of aliphatic carboxylic acids is 2. The standard InChI is InChI=1S/C4H6O5.Be.Na.3H/c5-2(4(8)9)1-3(6)7;;;;;/h2,5H,1H2,(H,6,7)(H,8,9);;;;;/q;+2;+1;3*-1. The number of aliphatic hydroxyl groups is 1. The van der Waals surface area contributed by atoms with Crippen LogP contribution in [-0.2, 0) is 9.59 Å². The molecule has 7 heteroatoms. The van der Waals surface area contributed by atoms with Gasteiger partial charge in [0.25, 0.3) is 0 Å². The third-order valence-corrected chi connectivity index (χ3v) is 0.653. The number of hydrogen-bond donors (Lipinski definition) is 3. The van der Waals surface area contributed by atoms with Gasteiger partial charge in [0, 0.05) is 0 Å². The van der Waals surface area contributed by atoms with Gasteiger partial charge in [-0.2, -0.15) is 0 Å². The first-order chi connectivity index (χ1) is 4.04. The average Bonchev–Trinajstić information content (AvgIpc) is 1.63. The molecular weight excluding hydrogens is 160 g/mol. The van der Waals surface area contributed by atoms with Gasteiger partial charge in [-0.1, -0.05) is 0 Å². The van der Waals surface area contributed by atoms with E-state index < -0.39 is 24.5 Å². The van der Waals surface area contributed by atoms with Crippen molar-refractivity contribution in [1.29, 1.82) is 0 Å². The molecular formula is C4H9BeNaO5. The number of rotatable bonds is 3. The quantitative estimate of drug-likeness (QED) is 0.373. The number of aliphatic hydroxyl groups excluding tert-OH is 1. The molecule has 0 aromatic carbocycles. The summed E-state index contributed by atoms with van der Waals surface area (Å²) in [5.41, 5.74) is 0. The number of carboxylic acids is 2. The van der Waals surface area contributed by atoms with Crippen LogP contribution in [0.5, 0.6) is 0 Å². The van der Waals surface area contributed by atoms with E-state index in [4.69, 9.17) is 15.3 Å². The van der Waals surface area contributed by atoms with E-state index in [0.29, 0.717) is 0 Å². The Kier molecular flexibility index (Phi) is 12.8. The van der Waals surface area contributed by atoms with Crippen molar-refractivity contribution in [2.45, 2.75) is 12.5 Å². The van der Waals surface area contributed by atoms with Crippen molar-refractivity contribution in [3.8, 4) is 0 Å². The van der Waals surface area contributed by atoms with Crippen LogP contribution >= 0.6 is 0 Å². The summed E-state index contributed by atoms with van der Waals surface area (Å²) in [7, 11) is 0. The zero-order valence-electron chi connectivity index (χ0n) is 9.15. The van der Waals surface area contributed by atoms with Gasteiger partial charge in [-0.05, 0) is 0 Å². The molecule has 0 rings (SSSR count). The molecule has 1 unspecified atom stereocenters. The molecule has 5 nitrogen and oxygen atoms in total. The molecule has 0 fully saturated rings. The summed E-state index contributed by atoms with van der Waals surface area (Å²) < 4.78 is 0. The fourth-order valence-corrected chi connectivity index (χ4v) is 0.253. The van der Waals surface area contributed by atoms with E-state index in [0.717, 1.165) is 0 Å². The molecule has 0 saturated heterocycles. The molecule has 0 aromatic heterocycles. The predicted octanol–water partition coefficient (Wildman–Crippen LogP) is -4.13. The third kappa shape index (κ3) is 10.1. The first-order valence-corrected chi connectivity index (χ1v) is 2.16. The second-order valence-corrected chi connectivity index (χ2v) is 1.45. The summed E-state index contributed by atoms with van der Waals surface area (Å²) in [5, 5.41) is 24.1. The molecule has 0 aromatic rings. The van der Waals surface area contributed by atoms with E-state index in [1.165, 1.54) is 0 Å². The zero-order chi connectivity index (χ0) is 7.44. The first-order valence-electron chi connectivity index (χ1n) is 2.16. The van der Waals surface area contributed by atoms with Crippen LogP contribution in [-0.4, -0.2) is 43.5 Å². The largest absolute Gasteiger partial charge is 2.00 e. The topological polar surface area (TPSA) is 94.8 Å². The molecule has 0 bridgehead atoms. The van der Waals surface area contributed by atoms with Gasteiger partial charge in [0.05, 0.1) is 6.42 Å². The summed E-state index contributed by atoms with van der Waals surface area (Å²) in [6, 6.07) is 0. The molecule has 0 radical (unpaired) electrons. The van der Waals surface area contributed by atoms with Crippen molar-refractivity contribution in [1.82, 2.24) is 0 Å². The zero-order valence-corrected chi connectivity index (χ0v) is 8.15. The Morgan fingerprint density at radius 3 is 1.82 bits per heavy atom. The molecule has 0 aliphatic heterocycles. The predicted molar refractivity (Wildman–Crippen MR) is 35.0 cm³/mol. The Morgan fingerprint density at radius 2 is 1.73 bits per heavy atom. The van der Waals surface area contributed by atoms with Crippen LogP contribution in [0.2, 0.25) is 0 Å². The molecule has 1 atom stereocenters. The second kappa shape index (κ2) is 8.17. The smallest absolute Gasteiger partial charge is 1.00 e. The molecule has 0 aliphatic carbocycles. The Hall–Kier alpha value is 0.0688. The molecule has 11 heavy (non-hydrogen) atoms. The normalized spacial score (nSPS) is 10.3. The third-order valence-electron chi connectivity index (χ3n) is 0.653. The van der Waals surface area contributed by atoms with Crippen LogP contribution in [0.3, 0.4) is 0 Å². The number of hydrogen-bond acceptors (Lipinski definition) is 3. The van der Waals surface area contributed by atoms with Crippen molar-refractivity contribution < 1.29 is 58.7 Å². The van der Waals surface area contributed by atoms with E-state index >= 15 is 0 Å². The van der Waals surface area contributed by atoms with Crippen LogP contribution in [0.1, 0.15) is 10.7 Å². The van der Waals surface area contributed by atoms with Gasteiger partial charge < -0.3 is 19.6 Å². The Morgan fingerprint density at radius 1 is 1.36 bits per heavy atom. The monoisotopic (exact) mass is 169 g/mol. The minimum Gasteiger partial charge on any atom is -1.00 e. The summed E-state index contributed by atoms with van der Waals surface area (Å²) in [6.45, 7) is 0. The summed E-state index contributed by atoms with van der Waals surface area (Å²) >= 11 is 0. The average molecular weight is 169 g/mol. The van der Waals surface area contributed by atoms with E-state index in [1.807, 2.05) is 0 Å². The van der Waals surface area contributed by atoms with E-state index in [2.05, 4.69) is 0 Å². The van der Waals surface area contributed by atoms with E-state index in [9.17, 15) is 9.59 Å². The van der Waals surface area contributed by atoms with Crippen LogP contribution in [0.25, 0.3) is 0 Å². The SMILES string of the molecule is O=C(O)CC(O)C(=O)O.[Be+2].[H-].[H-].[H-].[Na+]. The number of carboxylic acid groups (broad SMARTS) is 2. The second-order valence-electron chi connectivity index (χ2n) is 1.45. The minimum absolute atomic E-state index is 0. The summed E-state index contributed by atoms with van der Waals surface area (Å²) in [4.78, 5) is 19.4. The van der Waals surface area contributed by atoms with E-state index in [-0.39, 0.29) is 44.0 Å². The van der Waals surface area contributed by atoms with Crippen LogP contribution in [0.4, 0.5) is 0 Å². The first kappa shape index (κ1) is 17.2. The van der Waals surface area contributed by atoms with Gasteiger partial charge in [-0.15, -0.1) is 0 Å². The van der Waals surface area contributed by atoms with Gasteiger partial charge in [-0.3, -0.25) is 4.79 Å². The molecule has 58 valence electrons. The van der Waals surface area contributed by atoms with Crippen LogP contribution in [0, 0.1) is 0 Å². The Bertz CT molecular complexity index is 149. The Labute approximate surface area is 93.4 Å². The van der Waals surface area contributed by atoms with Gasteiger partial charge in [0.1, 0.15) is 0 Å². The summed E-state index contributed by atoms with van der Waals surface area (Å²) in [6.07, 6.45) is -2.54. The van der Waals surface area contributed by atoms with Crippen molar-refractivity contribution in [2.75, 3.05) is 0 Å².